The second-order valence-corrected chi connectivity index (χ2v) is 10.8. The number of para-hydroxylation sites is 1. The number of thioether (sulfide) groups is 1. The Morgan fingerprint density at radius 2 is 1.95 bits per heavy atom. The number of fused-ring (bicyclic) bond motifs is 1. The summed E-state index contributed by atoms with van der Waals surface area (Å²) >= 11 is 1.58. The van der Waals surface area contributed by atoms with Crippen LogP contribution in [0.25, 0.3) is 10.9 Å². The zero-order chi connectivity index (χ0) is 27.1. The molecule has 1 aliphatic rings. The summed E-state index contributed by atoms with van der Waals surface area (Å²) in [5.41, 5.74) is 7.85. The van der Waals surface area contributed by atoms with Crippen molar-refractivity contribution in [2.24, 2.45) is 11.7 Å². The maximum Gasteiger partial charge on any atom is 0.326 e. The summed E-state index contributed by atoms with van der Waals surface area (Å²) in [6, 6.07) is 4.14. The van der Waals surface area contributed by atoms with E-state index in [-0.39, 0.29) is 18.2 Å². The van der Waals surface area contributed by atoms with Gasteiger partial charge in [-0.2, -0.15) is 11.8 Å². The van der Waals surface area contributed by atoms with Gasteiger partial charge in [-0.05, 0) is 48.8 Å². The zero-order valence-electron chi connectivity index (χ0n) is 21.5. The van der Waals surface area contributed by atoms with Crippen molar-refractivity contribution >= 4 is 46.4 Å². The summed E-state index contributed by atoms with van der Waals surface area (Å²) in [5, 5.41) is 15.8. The Kier molecular flexibility index (Phi) is 9.99. The van der Waals surface area contributed by atoms with Gasteiger partial charge in [0, 0.05) is 30.1 Å². The molecule has 4 atom stereocenters. The summed E-state index contributed by atoms with van der Waals surface area (Å²) in [6.07, 6.45) is 5.47. The third-order valence-electron chi connectivity index (χ3n) is 6.75. The van der Waals surface area contributed by atoms with E-state index >= 15 is 0 Å². The standard InChI is InChI=1S/C26H37N5O5S/c1-15(2)22(26(35)36)30-24(33)21-9-6-11-31(21)25(34)20(29-23(32)18(27)10-12-37-3)13-16-14-28-19-8-5-4-7-17(16)19/h4-5,7-8,14-15,18,20-22,28H,6,9-13,27H2,1-3H3,(H,29,32)(H,30,33)(H,35,36). The summed E-state index contributed by atoms with van der Waals surface area (Å²) in [6.45, 7) is 3.77. The topological polar surface area (TPSA) is 158 Å². The third-order valence-corrected chi connectivity index (χ3v) is 7.40. The number of carbonyl (C=O) groups excluding carboxylic acids is 3. The largest absolute Gasteiger partial charge is 0.480 e. The van der Waals surface area contributed by atoms with E-state index in [9.17, 15) is 24.3 Å². The molecule has 10 nitrogen and oxygen atoms in total. The Hall–Kier alpha value is -3.05. The van der Waals surface area contributed by atoms with Crippen molar-refractivity contribution in [2.75, 3.05) is 18.6 Å². The van der Waals surface area contributed by atoms with Crippen LogP contribution in [0.1, 0.15) is 38.7 Å². The van der Waals surface area contributed by atoms with Crippen molar-refractivity contribution in [2.45, 2.75) is 63.7 Å². The normalized spacial score (nSPS) is 18.0. The monoisotopic (exact) mass is 531 g/mol. The van der Waals surface area contributed by atoms with Gasteiger partial charge in [-0.1, -0.05) is 32.0 Å². The van der Waals surface area contributed by atoms with E-state index < -0.39 is 42.0 Å². The van der Waals surface area contributed by atoms with Crippen molar-refractivity contribution in [3.63, 3.8) is 0 Å². The Labute approximate surface area is 221 Å². The molecule has 0 radical (unpaired) electrons. The average molecular weight is 532 g/mol. The Morgan fingerprint density at radius 1 is 1.22 bits per heavy atom. The van der Waals surface area contributed by atoms with Crippen LogP contribution in [0.4, 0.5) is 0 Å². The number of nitrogens with two attached hydrogens (primary N) is 1. The molecule has 1 aromatic heterocycles. The Balaban J connectivity index is 1.83. The van der Waals surface area contributed by atoms with Gasteiger partial charge in [-0.15, -0.1) is 0 Å². The van der Waals surface area contributed by atoms with Crippen LogP contribution >= 0.6 is 11.8 Å². The molecular weight excluding hydrogens is 494 g/mol. The number of carboxylic acids is 1. The van der Waals surface area contributed by atoms with Crippen molar-refractivity contribution in [3.8, 4) is 0 Å². The number of rotatable bonds is 12. The molecular formula is C26H37N5O5S. The van der Waals surface area contributed by atoms with Gasteiger partial charge in [0.2, 0.25) is 17.7 Å². The fraction of sp³-hybridized carbons (Fsp3) is 0.538. The number of nitrogens with zero attached hydrogens (tertiary/aromatic N) is 1. The van der Waals surface area contributed by atoms with Crippen LogP contribution in [0.2, 0.25) is 0 Å². The number of aromatic amines is 1. The number of aliphatic carboxylic acids is 1. The van der Waals surface area contributed by atoms with E-state index in [0.29, 0.717) is 31.6 Å². The minimum absolute atomic E-state index is 0.221. The van der Waals surface area contributed by atoms with Crippen LogP contribution in [0.5, 0.6) is 0 Å². The molecule has 1 aliphatic heterocycles. The molecule has 0 bridgehead atoms. The first-order valence-corrected chi connectivity index (χ1v) is 14.0. The van der Waals surface area contributed by atoms with Gasteiger partial charge in [-0.25, -0.2) is 4.79 Å². The van der Waals surface area contributed by atoms with Gasteiger partial charge < -0.3 is 31.4 Å². The lowest BCUT2D eigenvalue weighted by Crippen LogP contribution is -2.57. The minimum Gasteiger partial charge on any atom is -0.480 e. The number of H-pyrrole nitrogens is 1. The fourth-order valence-electron chi connectivity index (χ4n) is 4.64. The minimum atomic E-state index is -1.12. The van der Waals surface area contributed by atoms with E-state index in [1.54, 1.807) is 25.6 Å². The maximum atomic E-state index is 13.8. The van der Waals surface area contributed by atoms with E-state index in [1.165, 1.54) is 4.90 Å². The molecule has 0 aliphatic carbocycles. The molecule has 37 heavy (non-hydrogen) atoms. The lowest BCUT2D eigenvalue weighted by molar-refractivity contribution is -0.145. The van der Waals surface area contributed by atoms with Gasteiger partial charge in [0.25, 0.3) is 0 Å². The van der Waals surface area contributed by atoms with Crippen LogP contribution < -0.4 is 16.4 Å². The zero-order valence-corrected chi connectivity index (χ0v) is 22.3. The van der Waals surface area contributed by atoms with Crippen LogP contribution in [0, 0.1) is 5.92 Å². The van der Waals surface area contributed by atoms with E-state index in [0.717, 1.165) is 16.5 Å². The van der Waals surface area contributed by atoms with Gasteiger partial charge in [0.15, 0.2) is 0 Å². The second kappa shape index (κ2) is 13.0. The van der Waals surface area contributed by atoms with Crippen molar-refractivity contribution in [1.82, 2.24) is 20.5 Å². The summed E-state index contributed by atoms with van der Waals surface area (Å²) < 4.78 is 0. The number of hydrogen-bond donors (Lipinski definition) is 5. The van der Waals surface area contributed by atoms with Crippen molar-refractivity contribution in [1.29, 1.82) is 0 Å². The number of likely N-dealkylation sites (tertiary alicyclic amines) is 1. The molecule has 2 heterocycles. The lowest BCUT2D eigenvalue weighted by atomic mass is 10.0. The number of nitrogens with one attached hydrogen (secondary N) is 3. The molecule has 6 N–H and O–H groups in total. The van der Waals surface area contributed by atoms with E-state index in [2.05, 4.69) is 15.6 Å². The van der Waals surface area contributed by atoms with Crippen molar-refractivity contribution < 1.29 is 24.3 Å². The average Bonchev–Trinajstić information content (AvgIpc) is 3.52. The summed E-state index contributed by atoms with van der Waals surface area (Å²) in [5.74, 6) is -2.03. The van der Waals surface area contributed by atoms with Gasteiger partial charge in [0.1, 0.15) is 18.1 Å². The van der Waals surface area contributed by atoms with Crippen LogP contribution in [0.15, 0.2) is 30.5 Å². The number of benzene rings is 1. The Bertz CT molecular complexity index is 1120. The highest BCUT2D eigenvalue weighted by molar-refractivity contribution is 7.98. The van der Waals surface area contributed by atoms with E-state index in [4.69, 9.17) is 5.73 Å². The smallest absolute Gasteiger partial charge is 0.326 e. The predicted octanol–water partition coefficient (Wildman–Crippen LogP) is 1.49. The molecule has 0 spiro atoms. The molecule has 3 amide bonds. The Morgan fingerprint density at radius 3 is 2.62 bits per heavy atom. The molecule has 3 rings (SSSR count). The number of aromatic nitrogens is 1. The highest BCUT2D eigenvalue weighted by atomic mass is 32.2. The van der Waals surface area contributed by atoms with Crippen LogP contribution in [-0.4, -0.2) is 81.4 Å². The highest BCUT2D eigenvalue weighted by Crippen LogP contribution is 2.23. The maximum absolute atomic E-state index is 13.8. The van der Waals surface area contributed by atoms with Gasteiger partial charge in [0.05, 0.1) is 6.04 Å². The molecule has 11 heteroatoms. The molecule has 1 aromatic carbocycles. The number of amides is 3. The lowest BCUT2D eigenvalue weighted by Gasteiger charge is -2.30. The molecule has 0 saturated carbocycles. The summed E-state index contributed by atoms with van der Waals surface area (Å²) in [4.78, 5) is 56.0. The van der Waals surface area contributed by atoms with Crippen LogP contribution in [-0.2, 0) is 25.6 Å². The second-order valence-electron chi connectivity index (χ2n) is 9.77. The molecule has 1 fully saturated rings. The molecule has 2 aromatic rings. The summed E-state index contributed by atoms with van der Waals surface area (Å²) in [7, 11) is 0. The quantitative estimate of drug-likeness (QED) is 0.278. The molecule has 202 valence electrons. The molecule has 1 saturated heterocycles. The first kappa shape index (κ1) is 28.5. The number of carboxylic acid groups (broad SMARTS) is 1. The first-order chi connectivity index (χ1) is 17.6. The highest BCUT2D eigenvalue weighted by Gasteiger charge is 2.39. The number of hydrogen-bond acceptors (Lipinski definition) is 6. The third kappa shape index (κ3) is 7.04. The van der Waals surface area contributed by atoms with Crippen LogP contribution in [0.3, 0.4) is 0 Å². The fourth-order valence-corrected chi connectivity index (χ4v) is 5.13. The number of carbonyl (C=O) groups is 4. The predicted molar refractivity (Wildman–Crippen MR) is 144 cm³/mol. The van der Waals surface area contributed by atoms with Gasteiger partial charge >= 0.3 is 5.97 Å². The van der Waals surface area contributed by atoms with Crippen molar-refractivity contribution in [3.05, 3.63) is 36.0 Å². The SMILES string of the molecule is CSCCC(N)C(=O)NC(Cc1c[nH]c2ccccc12)C(=O)N1CCCC1C(=O)NC(C(=O)O)C(C)C. The molecule has 4 unspecified atom stereocenters. The first-order valence-electron chi connectivity index (χ1n) is 12.6. The van der Waals surface area contributed by atoms with Gasteiger partial charge in [-0.3, -0.25) is 14.4 Å². The van der Waals surface area contributed by atoms with E-state index in [1.807, 2.05) is 36.7 Å².